The molecule has 28 heavy (non-hydrogen) atoms. The summed E-state index contributed by atoms with van der Waals surface area (Å²) in [6.07, 6.45) is 1.08. The molecule has 146 valence electrons. The molecule has 1 aliphatic rings. The van der Waals surface area contributed by atoms with Gasteiger partial charge in [0.25, 0.3) is 0 Å². The van der Waals surface area contributed by atoms with Crippen LogP contribution in [0, 0.1) is 23.4 Å². The summed E-state index contributed by atoms with van der Waals surface area (Å²) in [6.45, 7) is 0.0714. The topological polar surface area (TPSA) is 65.1 Å². The summed E-state index contributed by atoms with van der Waals surface area (Å²) in [4.78, 5) is 15.1. The van der Waals surface area contributed by atoms with Gasteiger partial charge in [-0.2, -0.15) is 0 Å². The van der Waals surface area contributed by atoms with E-state index in [4.69, 9.17) is 5.11 Å². The number of aromatic nitrogens is 1. The van der Waals surface area contributed by atoms with E-state index in [0.717, 1.165) is 11.6 Å². The molecular formula is C21H19F3N2O2. The normalized spacial score (nSPS) is 18.9. The van der Waals surface area contributed by atoms with Gasteiger partial charge in [-0.25, -0.2) is 13.2 Å². The predicted molar refractivity (Wildman–Crippen MR) is 99.2 cm³/mol. The molecule has 4 nitrogen and oxygen atoms in total. The molecule has 7 heteroatoms. The molecule has 0 spiro atoms. The molecular weight excluding hydrogens is 369 g/mol. The van der Waals surface area contributed by atoms with Crippen molar-refractivity contribution < 1.29 is 23.1 Å². The van der Waals surface area contributed by atoms with Gasteiger partial charge in [0.05, 0.1) is 17.8 Å². The van der Waals surface area contributed by atoms with Crippen molar-refractivity contribution in [2.24, 2.45) is 5.92 Å². The number of nitrogens with one attached hydrogen (secondary N) is 2. The average Bonchev–Trinajstić information content (AvgIpc) is 2.99. The fourth-order valence-corrected chi connectivity index (χ4v) is 3.90. The minimum absolute atomic E-state index is 0.0557. The van der Waals surface area contributed by atoms with Crippen LogP contribution >= 0.6 is 0 Å². The lowest BCUT2D eigenvalue weighted by Gasteiger charge is -2.35. The Kier molecular flexibility index (Phi) is 4.85. The number of rotatable bonds is 5. The number of carbonyl (C=O) groups excluding carboxylic acids is 1. The second kappa shape index (κ2) is 7.31. The molecule has 1 fully saturated rings. The molecule has 1 aliphatic carbocycles. The Bertz CT molecular complexity index is 1020. The van der Waals surface area contributed by atoms with Gasteiger partial charge in [-0.3, -0.25) is 4.79 Å². The summed E-state index contributed by atoms with van der Waals surface area (Å²) >= 11 is 0. The molecule has 1 saturated carbocycles. The maximum Gasteiger partial charge on any atom is 0.223 e. The molecule has 0 bridgehead atoms. The van der Waals surface area contributed by atoms with Gasteiger partial charge in [0.1, 0.15) is 17.5 Å². The highest BCUT2D eigenvalue weighted by Crippen LogP contribution is 2.48. The summed E-state index contributed by atoms with van der Waals surface area (Å²) in [6, 6.07) is 7.91. The van der Waals surface area contributed by atoms with Gasteiger partial charge in [0.2, 0.25) is 5.91 Å². The van der Waals surface area contributed by atoms with Crippen molar-refractivity contribution in [3.8, 4) is 11.3 Å². The Labute approximate surface area is 159 Å². The quantitative estimate of drug-likeness (QED) is 0.622. The third-order valence-corrected chi connectivity index (χ3v) is 5.33. The van der Waals surface area contributed by atoms with E-state index >= 15 is 0 Å². The number of halogens is 3. The number of benzene rings is 2. The van der Waals surface area contributed by atoms with Gasteiger partial charge in [0.15, 0.2) is 0 Å². The van der Waals surface area contributed by atoms with Gasteiger partial charge in [-0.05, 0) is 60.2 Å². The minimum Gasteiger partial charge on any atom is -0.395 e. The van der Waals surface area contributed by atoms with Crippen molar-refractivity contribution in [3.63, 3.8) is 0 Å². The van der Waals surface area contributed by atoms with Gasteiger partial charge in [0, 0.05) is 23.9 Å². The van der Waals surface area contributed by atoms with Crippen molar-refractivity contribution in [3.05, 3.63) is 59.4 Å². The van der Waals surface area contributed by atoms with Crippen LogP contribution in [0.5, 0.6) is 0 Å². The molecule has 1 amide bonds. The lowest BCUT2D eigenvalue weighted by atomic mass is 9.70. The lowest BCUT2D eigenvalue weighted by molar-refractivity contribution is -0.128. The number of aliphatic hydroxyl groups is 1. The molecule has 3 aromatic rings. The molecule has 0 unspecified atom stereocenters. The molecule has 0 atom stereocenters. The van der Waals surface area contributed by atoms with Crippen LogP contribution in [0.3, 0.4) is 0 Å². The molecule has 0 radical (unpaired) electrons. The highest BCUT2D eigenvalue weighted by atomic mass is 19.1. The van der Waals surface area contributed by atoms with E-state index in [-0.39, 0.29) is 42.2 Å². The second-order valence-electron chi connectivity index (χ2n) is 7.11. The number of carbonyl (C=O) groups is 1. The Hall–Kier alpha value is -2.80. The standard InChI is InChI=1S/C21H19F3N2O2/c22-14-3-1-11(2-4-14)19-18(12-7-13(8-12)21(28)25-5-6-27)16-9-15(23)10-17(24)20(16)26-19/h1-4,9-10,12-13,26-27H,5-8H2,(H,25,28)/t12-,13-. The monoisotopic (exact) mass is 388 g/mol. The number of H-pyrrole nitrogens is 1. The van der Waals surface area contributed by atoms with Crippen LogP contribution < -0.4 is 5.32 Å². The molecule has 0 saturated heterocycles. The number of hydrogen-bond donors (Lipinski definition) is 3. The summed E-state index contributed by atoms with van der Waals surface area (Å²) in [5.41, 5.74) is 2.22. The third kappa shape index (κ3) is 3.26. The highest BCUT2D eigenvalue weighted by molar-refractivity contribution is 5.92. The van der Waals surface area contributed by atoms with Crippen molar-refractivity contribution in [1.29, 1.82) is 0 Å². The number of aliphatic hydroxyl groups excluding tert-OH is 1. The summed E-state index contributed by atoms with van der Waals surface area (Å²) in [7, 11) is 0. The zero-order chi connectivity index (χ0) is 19.8. The van der Waals surface area contributed by atoms with Crippen molar-refractivity contribution in [1.82, 2.24) is 10.3 Å². The maximum absolute atomic E-state index is 14.3. The van der Waals surface area contributed by atoms with Gasteiger partial charge in [-0.1, -0.05) is 0 Å². The first-order valence-corrected chi connectivity index (χ1v) is 9.13. The van der Waals surface area contributed by atoms with E-state index in [1.807, 2.05) is 0 Å². The molecule has 0 aliphatic heterocycles. The zero-order valence-electron chi connectivity index (χ0n) is 14.9. The molecule has 4 rings (SSSR count). The third-order valence-electron chi connectivity index (χ3n) is 5.33. The van der Waals surface area contributed by atoms with Crippen LogP contribution in [0.25, 0.3) is 22.2 Å². The average molecular weight is 388 g/mol. The van der Waals surface area contributed by atoms with Crippen LogP contribution in [0.15, 0.2) is 36.4 Å². The number of hydrogen-bond acceptors (Lipinski definition) is 2. The summed E-state index contributed by atoms with van der Waals surface area (Å²) in [5.74, 6) is -2.15. The highest BCUT2D eigenvalue weighted by Gasteiger charge is 2.38. The maximum atomic E-state index is 14.3. The van der Waals surface area contributed by atoms with Crippen molar-refractivity contribution in [2.45, 2.75) is 18.8 Å². The predicted octanol–water partition coefficient (Wildman–Crippen LogP) is 3.85. The second-order valence-corrected chi connectivity index (χ2v) is 7.11. The fourth-order valence-electron chi connectivity index (χ4n) is 3.90. The van der Waals surface area contributed by atoms with Crippen molar-refractivity contribution >= 4 is 16.8 Å². The zero-order valence-corrected chi connectivity index (χ0v) is 14.9. The van der Waals surface area contributed by atoms with E-state index in [1.165, 1.54) is 18.2 Å². The molecule has 3 N–H and O–H groups in total. The Morgan fingerprint density at radius 2 is 1.82 bits per heavy atom. The summed E-state index contributed by atoms with van der Waals surface area (Å²) in [5, 5.41) is 11.9. The molecule has 1 aromatic heterocycles. The van der Waals surface area contributed by atoms with Crippen LogP contribution in [-0.2, 0) is 4.79 Å². The molecule has 2 aromatic carbocycles. The lowest BCUT2D eigenvalue weighted by Crippen LogP contribution is -2.39. The van der Waals surface area contributed by atoms with Crippen LogP contribution in [0.2, 0.25) is 0 Å². The Morgan fingerprint density at radius 1 is 1.11 bits per heavy atom. The van der Waals surface area contributed by atoms with E-state index in [1.54, 1.807) is 12.1 Å². The van der Waals surface area contributed by atoms with E-state index in [2.05, 4.69) is 10.3 Å². The number of fused-ring (bicyclic) bond motifs is 1. The largest absolute Gasteiger partial charge is 0.395 e. The first-order valence-electron chi connectivity index (χ1n) is 9.13. The SMILES string of the molecule is O=C(NCCO)[C@H]1C[C@H](c2c(-c3ccc(F)cc3)[nH]c3c(F)cc(F)cc32)C1. The van der Waals surface area contributed by atoms with Crippen LogP contribution in [-0.4, -0.2) is 29.1 Å². The van der Waals surface area contributed by atoms with E-state index in [9.17, 15) is 18.0 Å². The number of aromatic amines is 1. The first kappa shape index (κ1) is 18.6. The van der Waals surface area contributed by atoms with Gasteiger partial charge >= 0.3 is 0 Å². The smallest absolute Gasteiger partial charge is 0.223 e. The van der Waals surface area contributed by atoms with Crippen molar-refractivity contribution in [2.75, 3.05) is 13.2 Å². The Morgan fingerprint density at radius 3 is 2.50 bits per heavy atom. The van der Waals surface area contributed by atoms with Gasteiger partial charge < -0.3 is 15.4 Å². The Balaban J connectivity index is 1.73. The summed E-state index contributed by atoms with van der Waals surface area (Å²) < 4.78 is 41.5. The van der Waals surface area contributed by atoms with Crippen LogP contribution in [0.1, 0.15) is 24.3 Å². The molecule has 1 heterocycles. The van der Waals surface area contributed by atoms with Crippen LogP contribution in [0.4, 0.5) is 13.2 Å². The minimum atomic E-state index is -0.693. The first-order chi connectivity index (χ1) is 13.5. The van der Waals surface area contributed by atoms with Gasteiger partial charge in [-0.15, -0.1) is 0 Å². The number of amides is 1. The van der Waals surface area contributed by atoms with E-state index < -0.39 is 11.6 Å². The van der Waals surface area contributed by atoms with E-state index in [0.29, 0.717) is 29.5 Å². The fraction of sp³-hybridized carbons (Fsp3) is 0.286.